The van der Waals surface area contributed by atoms with E-state index in [-0.39, 0.29) is 5.97 Å². The molecule has 0 fully saturated rings. The molecule has 90 valence electrons. The minimum absolute atomic E-state index is 0.383. The number of carbonyl (C=O) groups is 1. The molecule has 0 atom stereocenters. The number of hydrogen-bond acceptors (Lipinski definition) is 4. The Labute approximate surface area is 109 Å². The molecule has 1 heterocycles. The number of esters is 1. The topological polar surface area (TPSA) is 35.5 Å². The number of hydrogen-bond donors (Lipinski definition) is 0. The molecule has 0 saturated heterocycles. The fraction of sp³-hybridized carbons (Fsp3) is 0.0714. The van der Waals surface area contributed by atoms with Crippen LogP contribution in [0.15, 0.2) is 52.3 Å². The maximum atomic E-state index is 11.7. The molecule has 1 aliphatic rings. The normalized spacial score (nSPS) is 12.1. The maximum Gasteiger partial charge on any atom is 0.341 e. The van der Waals surface area contributed by atoms with Crippen LogP contribution >= 0.6 is 11.8 Å². The summed E-state index contributed by atoms with van der Waals surface area (Å²) in [5, 5.41) is 0. The Morgan fingerprint density at radius 2 is 1.89 bits per heavy atom. The van der Waals surface area contributed by atoms with E-state index < -0.39 is 0 Å². The van der Waals surface area contributed by atoms with E-state index in [0.29, 0.717) is 11.3 Å². The quantitative estimate of drug-likeness (QED) is 0.623. The van der Waals surface area contributed by atoms with Gasteiger partial charge in [-0.05, 0) is 24.3 Å². The van der Waals surface area contributed by atoms with Gasteiger partial charge in [-0.25, -0.2) is 4.79 Å². The van der Waals surface area contributed by atoms with Crippen molar-refractivity contribution in [3.8, 4) is 11.5 Å². The molecule has 0 amide bonds. The largest absolute Gasteiger partial charge is 0.465 e. The molecule has 1 aliphatic heterocycles. The summed E-state index contributed by atoms with van der Waals surface area (Å²) in [5.74, 6) is 0.964. The molecular weight excluding hydrogens is 248 g/mol. The van der Waals surface area contributed by atoms with Crippen LogP contribution in [0, 0.1) is 0 Å². The summed E-state index contributed by atoms with van der Waals surface area (Å²) in [5.41, 5.74) is 0.456. The van der Waals surface area contributed by atoms with E-state index in [0.717, 1.165) is 15.5 Å². The van der Waals surface area contributed by atoms with Gasteiger partial charge in [-0.1, -0.05) is 30.0 Å². The third-order valence-corrected chi connectivity index (χ3v) is 3.76. The van der Waals surface area contributed by atoms with Crippen molar-refractivity contribution in [3.05, 3.63) is 48.0 Å². The van der Waals surface area contributed by atoms with E-state index in [2.05, 4.69) is 0 Å². The predicted molar refractivity (Wildman–Crippen MR) is 68.4 cm³/mol. The zero-order valence-corrected chi connectivity index (χ0v) is 10.5. The number of carbonyl (C=O) groups excluding carboxylic acids is 1. The van der Waals surface area contributed by atoms with Gasteiger partial charge in [0.25, 0.3) is 0 Å². The zero-order chi connectivity index (χ0) is 12.5. The van der Waals surface area contributed by atoms with Crippen LogP contribution in [-0.2, 0) is 4.74 Å². The van der Waals surface area contributed by atoms with E-state index in [4.69, 9.17) is 9.47 Å². The van der Waals surface area contributed by atoms with Gasteiger partial charge in [-0.2, -0.15) is 0 Å². The Balaban J connectivity index is 2.10. The van der Waals surface area contributed by atoms with Gasteiger partial charge in [0.2, 0.25) is 0 Å². The molecular formula is C14H10O3S. The number of ether oxygens (including phenoxy) is 2. The van der Waals surface area contributed by atoms with Crippen LogP contribution in [0.1, 0.15) is 10.4 Å². The highest BCUT2D eigenvalue weighted by atomic mass is 32.2. The van der Waals surface area contributed by atoms with Crippen molar-refractivity contribution in [3.63, 3.8) is 0 Å². The predicted octanol–water partition coefficient (Wildman–Crippen LogP) is 3.73. The Morgan fingerprint density at radius 1 is 1.11 bits per heavy atom. The first-order valence-corrected chi connectivity index (χ1v) is 6.27. The standard InChI is InChI=1S/C14H10O3S/c1-16-14(15)9-5-4-8-12-13(9)17-10-6-2-3-7-11(10)18-12/h2-8H,1H3. The van der Waals surface area contributed by atoms with Crippen molar-refractivity contribution < 1.29 is 14.3 Å². The lowest BCUT2D eigenvalue weighted by molar-refractivity contribution is 0.0597. The average Bonchev–Trinajstić information content (AvgIpc) is 2.43. The second-order valence-corrected chi connectivity index (χ2v) is 4.86. The van der Waals surface area contributed by atoms with Crippen molar-refractivity contribution in [2.75, 3.05) is 7.11 Å². The molecule has 0 unspecified atom stereocenters. The monoisotopic (exact) mass is 258 g/mol. The van der Waals surface area contributed by atoms with Crippen LogP contribution in [0.4, 0.5) is 0 Å². The van der Waals surface area contributed by atoms with Crippen molar-refractivity contribution in [1.82, 2.24) is 0 Å². The number of para-hydroxylation sites is 2. The first-order chi connectivity index (χ1) is 8.79. The van der Waals surface area contributed by atoms with Gasteiger partial charge in [-0.3, -0.25) is 0 Å². The lowest BCUT2D eigenvalue weighted by atomic mass is 10.2. The lowest BCUT2D eigenvalue weighted by Gasteiger charge is -2.20. The van der Waals surface area contributed by atoms with Gasteiger partial charge in [0.1, 0.15) is 11.3 Å². The summed E-state index contributed by atoms with van der Waals surface area (Å²) < 4.78 is 10.6. The second-order valence-electron chi connectivity index (χ2n) is 3.78. The van der Waals surface area contributed by atoms with Gasteiger partial charge in [0.15, 0.2) is 5.75 Å². The molecule has 3 rings (SSSR count). The van der Waals surface area contributed by atoms with Crippen molar-refractivity contribution >= 4 is 17.7 Å². The van der Waals surface area contributed by atoms with E-state index in [1.807, 2.05) is 36.4 Å². The lowest BCUT2D eigenvalue weighted by Crippen LogP contribution is -2.06. The first-order valence-electron chi connectivity index (χ1n) is 5.45. The van der Waals surface area contributed by atoms with Crippen LogP contribution in [0.25, 0.3) is 0 Å². The zero-order valence-electron chi connectivity index (χ0n) is 9.67. The molecule has 2 aromatic carbocycles. The van der Waals surface area contributed by atoms with Crippen LogP contribution in [0.3, 0.4) is 0 Å². The van der Waals surface area contributed by atoms with Crippen LogP contribution < -0.4 is 4.74 Å². The summed E-state index contributed by atoms with van der Waals surface area (Å²) in [4.78, 5) is 13.7. The van der Waals surface area contributed by atoms with E-state index in [9.17, 15) is 4.79 Å². The Morgan fingerprint density at radius 3 is 2.72 bits per heavy atom. The summed E-state index contributed by atoms with van der Waals surface area (Å²) in [6.07, 6.45) is 0. The highest BCUT2D eigenvalue weighted by Crippen LogP contribution is 2.48. The smallest absolute Gasteiger partial charge is 0.341 e. The van der Waals surface area contributed by atoms with Crippen molar-refractivity contribution in [2.45, 2.75) is 9.79 Å². The fourth-order valence-corrected chi connectivity index (χ4v) is 2.80. The molecule has 0 saturated carbocycles. The molecule has 0 N–H and O–H groups in total. The first kappa shape index (κ1) is 11.2. The number of benzene rings is 2. The fourth-order valence-electron chi connectivity index (χ4n) is 1.82. The van der Waals surface area contributed by atoms with Crippen molar-refractivity contribution in [1.29, 1.82) is 0 Å². The second kappa shape index (κ2) is 4.38. The summed E-state index contributed by atoms with van der Waals surface area (Å²) >= 11 is 1.59. The van der Waals surface area contributed by atoms with E-state index >= 15 is 0 Å². The van der Waals surface area contributed by atoms with E-state index in [1.54, 1.807) is 17.8 Å². The Kier molecular flexibility index (Phi) is 2.72. The van der Waals surface area contributed by atoms with Gasteiger partial charge in [0, 0.05) is 0 Å². The van der Waals surface area contributed by atoms with Crippen LogP contribution in [-0.4, -0.2) is 13.1 Å². The molecule has 18 heavy (non-hydrogen) atoms. The highest BCUT2D eigenvalue weighted by Gasteiger charge is 2.23. The van der Waals surface area contributed by atoms with Gasteiger partial charge in [0.05, 0.1) is 16.9 Å². The minimum Gasteiger partial charge on any atom is -0.465 e. The number of methoxy groups -OCH3 is 1. The average molecular weight is 258 g/mol. The SMILES string of the molecule is COC(=O)c1cccc2c1Oc1ccccc1S2. The maximum absolute atomic E-state index is 11.7. The van der Waals surface area contributed by atoms with Crippen LogP contribution in [0.5, 0.6) is 11.5 Å². The van der Waals surface area contributed by atoms with Crippen molar-refractivity contribution in [2.24, 2.45) is 0 Å². The molecule has 3 nitrogen and oxygen atoms in total. The van der Waals surface area contributed by atoms with Crippen LogP contribution in [0.2, 0.25) is 0 Å². The summed E-state index contributed by atoms with van der Waals surface area (Å²) in [6, 6.07) is 13.2. The molecule has 0 radical (unpaired) electrons. The highest BCUT2D eigenvalue weighted by molar-refractivity contribution is 7.99. The summed E-state index contributed by atoms with van der Waals surface area (Å²) in [6.45, 7) is 0. The Bertz CT molecular complexity index is 622. The molecule has 0 spiro atoms. The summed E-state index contributed by atoms with van der Waals surface area (Å²) in [7, 11) is 1.37. The molecule has 0 bridgehead atoms. The van der Waals surface area contributed by atoms with E-state index in [1.165, 1.54) is 7.11 Å². The molecule has 2 aromatic rings. The molecule has 4 heteroatoms. The number of fused-ring (bicyclic) bond motifs is 2. The third-order valence-electron chi connectivity index (χ3n) is 2.67. The molecule has 0 aliphatic carbocycles. The minimum atomic E-state index is -0.383. The third kappa shape index (κ3) is 1.75. The van der Waals surface area contributed by atoms with Gasteiger partial charge >= 0.3 is 5.97 Å². The molecule has 0 aromatic heterocycles. The van der Waals surface area contributed by atoms with Gasteiger partial charge in [-0.15, -0.1) is 0 Å². The van der Waals surface area contributed by atoms with Gasteiger partial charge < -0.3 is 9.47 Å². The Hall–Kier alpha value is -1.94. The number of rotatable bonds is 1.